The van der Waals surface area contributed by atoms with Gasteiger partial charge in [0.25, 0.3) is 0 Å². The lowest BCUT2D eigenvalue weighted by atomic mass is 9.81. The van der Waals surface area contributed by atoms with Crippen LogP contribution in [0.25, 0.3) is 0 Å². The smallest absolute Gasteiger partial charge is 0.335 e. The van der Waals surface area contributed by atoms with Crippen LogP contribution in [-0.2, 0) is 9.53 Å². The predicted octanol–water partition coefficient (Wildman–Crippen LogP) is 5.70. The van der Waals surface area contributed by atoms with Gasteiger partial charge in [0.2, 0.25) is 5.91 Å². The second kappa shape index (κ2) is 10.4. The summed E-state index contributed by atoms with van der Waals surface area (Å²) in [4.78, 5) is 23.6. The highest BCUT2D eigenvalue weighted by Gasteiger charge is 2.41. The minimum absolute atomic E-state index is 0.123. The molecule has 0 saturated carbocycles. The number of carbonyl (C=O) groups excluding carboxylic acids is 1. The molecule has 2 aromatic carbocycles. The number of amides is 1. The molecule has 172 valence electrons. The number of carboxylic acid groups (broad SMARTS) is 1. The zero-order chi connectivity index (χ0) is 23.3. The fourth-order valence-corrected chi connectivity index (χ4v) is 4.30. The standard InChI is InChI=1S/C25H30ClNO5/c1-4-5-12-31-21-11-8-18(24(29)30)13-20(21)23-15-25(3,27-16(2)28)14-22(32-23)17-6-9-19(26)10-7-17/h6-11,13,22-23H,4-5,12,14-15H2,1-3H3,(H,27,28)(H,29,30)/t22-,23+,25-/m0/s1. The predicted molar refractivity (Wildman–Crippen MR) is 123 cm³/mol. The summed E-state index contributed by atoms with van der Waals surface area (Å²) < 4.78 is 12.5. The second-order valence-electron chi connectivity index (χ2n) is 8.57. The Bertz CT molecular complexity index is 961. The van der Waals surface area contributed by atoms with Gasteiger partial charge in [-0.2, -0.15) is 0 Å². The van der Waals surface area contributed by atoms with Gasteiger partial charge in [0.1, 0.15) is 5.75 Å². The van der Waals surface area contributed by atoms with Gasteiger partial charge in [-0.25, -0.2) is 4.79 Å². The van der Waals surface area contributed by atoms with Gasteiger partial charge in [0.15, 0.2) is 0 Å². The molecule has 0 radical (unpaired) electrons. The third-order valence-corrected chi connectivity index (χ3v) is 5.93. The van der Waals surface area contributed by atoms with Crippen molar-refractivity contribution in [3.05, 3.63) is 64.2 Å². The molecule has 0 aromatic heterocycles. The van der Waals surface area contributed by atoms with Crippen LogP contribution in [0.1, 0.15) is 80.1 Å². The first-order chi connectivity index (χ1) is 15.2. The van der Waals surface area contributed by atoms with E-state index in [2.05, 4.69) is 12.2 Å². The molecule has 1 saturated heterocycles. The first kappa shape index (κ1) is 24.1. The molecule has 3 atom stereocenters. The summed E-state index contributed by atoms with van der Waals surface area (Å²) in [5.74, 6) is -0.530. The molecule has 32 heavy (non-hydrogen) atoms. The highest BCUT2D eigenvalue weighted by molar-refractivity contribution is 6.30. The molecule has 3 rings (SSSR count). The Labute approximate surface area is 193 Å². The Kier molecular flexibility index (Phi) is 7.80. The van der Waals surface area contributed by atoms with Crippen molar-refractivity contribution in [3.8, 4) is 5.75 Å². The zero-order valence-electron chi connectivity index (χ0n) is 18.7. The normalized spacial score (nSPS) is 22.9. The van der Waals surface area contributed by atoms with Gasteiger partial charge in [0.05, 0.1) is 24.4 Å². The number of carboxylic acids is 1. The summed E-state index contributed by atoms with van der Waals surface area (Å²) in [5.41, 5.74) is 1.25. The topological polar surface area (TPSA) is 84.9 Å². The summed E-state index contributed by atoms with van der Waals surface area (Å²) >= 11 is 6.06. The SMILES string of the molecule is CCCCOc1ccc(C(=O)O)cc1[C@H]1C[C@@](C)(NC(C)=O)C[C@@H](c2ccc(Cl)cc2)O1. The van der Waals surface area contributed by atoms with Crippen LogP contribution in [0, 0.1) is 0 Å². The first-order valence-corrected chi connectivity index (χ1v) is 11.3. The molecule has 2 N–H and O–H groups in total. The van der Waals surface area contributed by atoms with E-state index in [4.69, 9.17) is 21.1 Å². The van der Waals surface area contributed by atoms with Crippen LogP contribution in [0.4, 0.5) is 0 Å². The van der Waals surface area contributed by atoms with Crippen molar-refractivity contribution in [2.75, 3.05) is 6.61 Å². The van der Waals surface area contributed by atoms with Gasteiger partial charge in [-0.3, -0.25) is 4.79 Å². The summed E-state index contributed by atoms with van der Waals surface area (Å²) in [6.45, 7) is 6.10. The fraction of sp³-hybridized carbons (Fsp3) is 0.440. The van der Waals surface area contributed by atoms with Gasteiger partial charge in [0, 0.05) is 35.9 Å². The molecule has 1 heterocycles. The van der Waals surface area contributed by atoms with Gasteiger partial charge in [-0.05, 0) is 49.2 Å². The highest BCUT2D eigenvalue weighted by atomic mass is 35.5. The average Bonchev–Trinajstić information content (AvgIpc) is 2.73. The summed E-state index contributed by atoms with van der Waals surface area (Å²) in [5, 5.41) is 13.2. The molecule has 6 nitrogen and oxygen atoms in total. The van der Waals surface area contributed by atoms with Crippen LogP contribution in [0.3, 0.4) is 0 Å². The number of rotatable bonds is 8. The molecule has 0 unspecified atom stereocenters. The molecule has 7 heteroatoms. The molecular formula is C25H30ClNO5. The van der Waals surface area contributed by atoms with Crippen molar-refractivity contribution < 1.29 is 24.2 Å². The van der Waals surface area contributed by atoms with Gasteiger partial charge in [-0.1, -0.05) is 37.1 Å². The van der Waals surface area contributed by atoms with E-state index in [1.54, 1.807) is 18.2 Å². The number of hydrogen-bond donors (Lipinski definition) is 2. The number of halogens is 1. The van der Waals surface area contributed by atoms with E-state index >= 15 is 0 Å². The Morgan fingerprint density at radius 1 is 1.19 bits per heavy atom. The van der Waals surface area contributed by atoms with E-state index in [9.17, 15) is 14.7 Å². The Morgan fingerprint density at radius 3 is 2.50 bits per heavy atom. The lowest BCUT2D eigenvalue weighted by Gasteiger charge is -2.43. The molecule has 1 aliphatic heterocycles. The molecule has 2 aromatic rings. The number of ether oxygens (including phenoxy) is 2. The van der Waals surface area contributed by atoms with Crippen LogP contribution >= 0.6 is 11.6 Å². The molecular weight excluding hydrogens is 430 g/mol. The molecule has 0 spiro atoms. The highest BCUT2D eigenvalue weighted by Crippen LogP contribution is 2.46. The number of unbranched alkanes of at least 4 members (excludes halogenated alkanes) is 1. The van der Waals surface area contributed by atoms with E-state index < -0.39 is 17.6 Å². The molecule has 1 amide bonds. The van der Waals surface area contributed by atoms with Crippen molar-refractivity contribution >= 4 is 23.5 Å². The maximum atomic E-state index is 12.0. The number of carbonyl (C=O) groups is 2. The van der Waals surface area contributed by atoms with Crippen molar-refractivity contribution in [3.63, 3.8) is 0 Å². The van der Waals surface area contributed by atoms with E-state index in [-0.39, 0.29) is 17.6 Å². The third kappa shape index (κ3) is 6.02. The minimum atomic E-state index is -1.01. The van der Waals surface area contributed by atoms with Crippen LogP contribution in [0.2, 0.25) is 5.02 Å². The maximum Gasteiger partial charge on any atom is 0.335 e. The van der Waals surface area contributed by atoms with Gasteiger partial charge in [-0.15, -0.1) is 0 Å². The summed E-state index contributed by atoms with van der Waals surface area (Å²) in [7, 11) is 0. The monoisotopic (exact) mass is 459 g/mol. The average molecular weight is 460 g/mol. The molecule has 0 aliphatic carbocycles. The van der Waals surface area contributed by atoms with Crippen molar-refractivity contribution in [1.82, 2.24) is 5.32 Å². The molecule has 1 aliphatic rings. The Morgan fingerprint density at radius 2 is 1.88 bits per heavy atom. The largest absolute Gasteiger partial charge is 0.493 e. The number of benzene rings is 2. The lowest BCUT2D eigenvalue weighted by molar-refractivity contribution is -0.126. The van der Waals surface area contributed by atoms with Crippen LogP contribution in [-0.4, -0.2) is 29.1 Å². The fourth-order valence-electron chi connectivity index (χ4n) is 4.17. The van der Waals surface area contributed by atoms with E-state index in [1.807, 2.05) is 31.2 Å². The molecule has 1 fully saturated rings. The molecule has 0 bridgehead atoms. The van der Waals surface area contributed by atoms with Gasteiger partial charge < -0.3 is 19.9 Å². The number of aromatic carboxylic acids is 1. The second-order valence-corrected chi connectivity index (χ2v) is 9.01. The maximum absolute atomic E-state index is 12.0. The third-order valence-electron chi connectivity index (χ3n) is 5.68. The quantitative estimate of drug-likeness (QED) is 0.494. The van der Waals surface area contributed by atoms with E-state index in [1.165, 1.54) is 6.92 Å². The van der Waals surface area contributed by atoms with Crippen molar-refractivity contribution in [2.24, 2.45) is 0 Å². The van der Waals surface area contributed by atoms with E-state index in [0.717, 1.165) is 18.4 Å². The van der Waals surface area contributed by atoms with Crippen molar-refractivity contribution in [2.45, 2.75) is 64.2 Å². The lowest BCUT2D eigenvalue weighted by Crippen LogP contribution is -2.50. The Balaban J connectivity index is 2.01. The Hall–Kier alpha value is -2.57. The van der Waals surface area contributed by atoms with Crippen LogP contribution in [0.15, 0.2) is 42.5 Å². The van der Waals surface area contributed by atoms with Crippen LogP contribution < -0.4 is 10.1 Å². The van der Waals surface area contributed by atoms with Crippen LogP contribution in [0.5, 0.6) is 5.75 Å². The summed E-state index contributed by atoms with van der Waals surface area (Å²) in [6, 6.07) is 12.3. The number of nitrogens with one attached hydrogen (secondary N) is 1. The zero-order valence-corrected chi connectivity index (χ0v) is 19.4. The van der Waals surface area contributed by atoms with E-state index in [0.29, 0.717) is 35.8 Å². The van der Waals surface area contributed by atoms with Gasteiger partial charge >= 0.3 is 5.97 Å². The first-order valence-electron chi connectivity index (χ1n) is 10.9. The number of hydrogen-bond acceptors (Lipinski definition) is 4. The summed E-state index contributed by atoms with van der Waals surface area (Å²) in [6.07, 6.45) is 2.18. The van der Waals surface area contributed by atoms with Crippen molar-refractivity contribution in [1.29, 1.82) is 0 Å². The minimum Gasteiger partial charge on any atom is -0.493 e.